The van der Waals surface area contributed by atoms with E-state index in [0.717, 1.165) is 6.42 Å². The summed E-state index contributed by atoms with van der Waals surface area (Å²) in [7, 11) is 0. The molecule has 0 aromatic heterocycles. The Morgan fingerprint density at radius 1 is 1.36 bits per heavy atom. The highest BCUT2D eigenvalue weighted by Crippen LogP contribution is 2.65. The van der Waals surface area contributed by atoms with Crippen molar-refractivity contribution in [3.8, 4) is 5.75 Å². The normalized spacial score (nSPS) is 32.0. The maximum Gasteiger partial charge on any atom is 0.258 e. The largest absolute Gasteiger partial charge is 0.482 e. The number of fused-ring (bicyclic) bond motifs is 2. The summed E-state index contributed by atoms with van der Waals surface area (Å²) < 4.78 is 5.53. The number of nitrogens with one attached hydrogen (secondary N) is 1. The fraction of sp³-hybridized carbons (Fsp3) is 0.611. The molecule has 2 fully saturated rings. The molecule has 0 saturated heterocycles. The Hall–Kier alpha value is -1.22. The lowest BCUT2D eigenvalue weighted by atomic mass is 9.69. The van der Waals surface area contributed by atoms with Gasteiger partial charge in [-0.05, 0) is 48.1 Å². The van der Waals surface area contributed by atoms with Crippen molar-refractivity contribution < 1.29 is 9.53 Å². The van der Waals surface area contributed by atoms with E-state index in [9.17, 15) is 4.79 Å². The maximum absolute atomic E-state index is 12.2. The van der Waals surface area contributed by atoms with E-state index in [-0.39, 0.29) is 24.0 Å². The number of rotatable bonds is 4. The molecule has 0 unspecified atom stereocenters. The molecule has 4 heteroatoms. The minimum Gasteiger partial charge on any atom is -0.482 e. The highest BCUT2D eigenvalue weighted by molar-refractivity contribution is 6.32. The number of para-hydroxylation sites is 1. The molecule has 2 aliphatic carbocycles. The fourth-order valence-corrected chi connectivity index (χ4v) is 4.55. The number of halogens is 1. The number of hydrogen-bond donors (Lipinski definition) is 1. The van der Waals surface area contributed by atoms with Gasteiger partial charge in [0.25, 0.3) is 5.91 Å². The van der Waals surface area contributed by atoms with Crippen molar-refractivity contribution in [3.05, 3.63) is 29.3 Å². The Labute approximate surface area is 137 Å². The molecule has 1 N–H and O–H groups in total. The average molecular weight is 322 g/mol. The van der Waals surface area contributed by atoms with Crippen LogP contribution in [-0.2, 0) is 4.79 Å². The molecule has 22 heavy (non-hydrogen) atoms. The van der Waals surface area contributed by atoms with Crippen LogP contribution in [-0.4, -0.2) is 18.6 Å². The zero-order valence-electron chi connectivity index (χ0n) is 13.5. The van der Waals surface area contributed by atoms with Gasteiger partial charge in [0, 0.05) is 6.04 Å². The molecule has 2 bridgehead atoms. The third kappa shape index (κ3) is 2.40. The molecule has 1 amide bonds. The van der Waals surface area contributed by atoms with Crippen molar-refractivity contribution in [2.24, 2.45) is 16.7 Å². The highest BCUT2D eigenvalue weighted by Gasteiger charge is 2.61. The minimum atomic E-state index is -0.0607. The summed E-state index contributed by atoms with van der Waals surface area (Å²) in [4.78, 5) is 12.2. The predicted molar refractivity (Wildman–Crippen MR) is 88.1 cm³/mol. The quantitative estimate of drug-likeness (QED) is 0.908. The van der Waals surface area contributed by atoms with E-state index in [1.54, 1.807) is 12.1 Å². The van der Waals surface area contributed by atoms with E-state index in [4.69, 9.17) is 16.3 Å². The molecular weight excluding hydrogens is 298 g/mol. The van der Waals surface area contributed by atoms with Crippen molar-refractivity contribution in [2.75, 3.05) is 6.61 Å². The summed E-state index contributed by atoms with van der Waals surface area (Å²) in [5.74, 6) is 1.21. The third-order valence-corrected chi connectivity index (χ3v) is 6.64. The van der Waals surface area contributed by atoms with Gasteiger partial charge >= 0.3 is 0 Å². The van der Waals surface area contributed by atoms with Crippen LogP contribution in [0.4, 0.5) is 0 Å². The lowest BCUT2D eigenvalue weighted by Crippen LogP contribution is -2.48. The van der Waals surface area contributed by atoms with Gasteiger partial charge in [-0.25, -0.2) is 0 Å². The van der Waals surface area contributed by atoms with E-state index in [0.29, 0.717) is 22.1 Å². The van der Waals surface area contributed by atoms with Crippen LogP contribution in [0, 0.1) is 16.7 Å². The Balaban J connectivity index is 1.59. The van der Waals surface area contributed by atoms with Gasteiger partial charge in [0.2, 0.25) is 0 Å². The molecule has 1 aromatic rings. The topological polar surface area (TPSA) is 38.3 Å². The van der Waals surface area contributed by atoms with Crippen LogP contribution in [0.2, 0.25) is 5.02 Å². The van der Waals surface area contributed by atoms with Crippen LogP contribution in [0.1, 0.15) is 40.0 Å². The molecule has 0 spiro atoms. The van der Waals surface area contributed by atoms with Crippen LogP contribution in [0.15, 0.2) is 24.3 Å². The molecule has 3 nitrogen and oxygen atoms in total. The van der Waals surface area contributed by atoms with Crippen LogP contribution in [0.25, 0.3) is 0 Å². The molecule has 2 aliphatic rings. The minimum absolute atomic E-state index is 0.0153. The van der Waals surface area contributed by atoms with Crippen molar-refractivity contribution in [1.29, 1.82) is 0 Å². The molecular formula is C18H24ClNO2. The first kappa shape index (κ1) is 15.7. The van der Waals surface area contributed by atoms with Gasteiger partial charge in [0.1, 0.15) is 5.75 Å². The number of ether oxygens (including phenoxy) is 1. The second-order valence-electron chi connectivity index (χ2n) is 7.45. The number of hydrogen-bond acceptors (Lipinski definition) is 2. The number of carbonyl (C=O) groups is 1. The first-order valence-electron chi connectivity index (χ1n) is 8.01. The van der Waals surface area contributed by atoms with Crippen molar-refractivity contribution in [2.45, 2.75) is 46.1 Å². The zero-order chi connectivity index (χ0) is 16.0. The monoisotopic (exact) mass is 321 g/mol. The van der Waals surface area contributed by atoms with Gasteiger partial charge in [-0.15, -0.1) is 0 Å². The van der Waals surface area contributed by atoms with Crippen LogP contribution in [0.3, 0.4) is 0 Å². The molecule has 0 aliphatic heterocycles. The fourth-order valence-electron chi connectivity index (χ4n) is 4.36. The second-order valence-corrected chi connectivity index (χ2v) is 7.86. The standard InChI is InChI=1S/C18H24ClNO2/c1-17(2)12-8-9-18(17,3)15(10-12)20-16(21)11-22-14-7-5-4-6-13(14)19/h4-7,12,15H,8-11H2,1-3H3,(H,20,21)/t12-,15+,18+/m0/s1. The van der Waals surface area contributed by atoms with E-state index >= 15 is 0 Å². The first-order chi connectivity index (χ1) is 10.3. The Morgan fingerprint density at radius 3 is 2.68 bits per heavy atom. The molecule has 0 radical (unpaired) electrons. The number of amides is 1. The van der Waals surface area contributed by atoms with Crippen molar-refractivity contribution >= 4 is 17.5 Å². The second kappa shape index (κ2) is 5.45. The summed E-state index contributed by atoms with van der Waals surface area (Å²) >= 11 is 6.03. The summed E-state index contributed by atoms with van der Waals surface area (Å²) in [5.41, 5.74) is 0.492. The van der Waals surface area contributed by atoms with E-state index in [1.807, 2.05) is 12.1 Å². The molecule has 3 atom stereocenters. The Morgan fingerprint density at radius 2 is 2.09 bits per heavy atom. The van der Waals surface area contributed by atoms with Gasteiger partial charge in [0.15, 0.2) is 6.61 Å². The number of carbonyl (C=O) groups excluding carboxylic acids is 1. The molecule has 3 rings (SSSR count). The van der Waals surface area contributed by atoms with Crippen molar-refractivity contribution in [3.63, 3.8) is 0 Å². The SMILES string of the molecule is CC1(C)[C@H]2CC[C@]1(C)[C@H](NC(=O)COc1ccccc1Cl)C2. The molecule has 2 saturated carbocycles. The summed E-state index contributed by atoms with van der Waals surface area (Å²) in [6, 6.07) is 7.47. The van der Waals surface area contributed by atoms with Gasteiger partial charge < -0.3 is 10.1 Å². The van der Waals surface area contributed by atoms with Crippen LogP contribution in [0.5, 0.6) is 5.75 Å². The number of benzene rings is 1. The third-order valence-electron chi connectivity index (χ3n) is 6.32. The summed E-state index contributed by atoms with van der Waals surface area (Å²) in [5, 5.41) is 3.72. The first-order valence-corrected chi connectivity index (χ1v) is 8.39. The molecule has 120 valence electrons. The van der Waals surface area contributed by atoms with Gasteiger partial charge in [0.05, 0.1) is 5.02 Å². The highest BCUT2D eigenvalue weighted by atomic mass is 35.5. The van der Waals surface area contributed by atoms with Crippen molar-refractivity contribution in [1.82, 2.24) is 5.32 Å². The van der Waals surface area contributed by atoms with Crippen LogP contribution >= 0.6 is 11.6 Å². The van der Waals surface area contributed by atoms with Gasteiger partial charge in [-0.2, -0.15) is 0 Å². The summed E-state index contributed by atoms with van der Waals surface area (Å²) in [6.07, 6.45) is 3.56. The smallest absolute Gasteiger partial charge is 0.258 e. The van der Waals surface area contributed by atoms with Gasteiger partial charge in [-0.1, -0.05) is 44.5 Å². The molecule has 0 heterocycles. The van der Waals surface area contributed by atoms with E-state index in [1.165, 1.54) is 12.8 Å². The predicted octanol–water partition coefficient (Wildman–Crippen LogP) is 4.05. The Bertz CT molecular complexity index is 586. The van der Waals surface area contributed by atoms with E-state index in [2.05, 4.69) is 26.1 Å². The van der Waals surface area contributed by atoms with Crippen LogP contribution < -0.4 is 10.1 Å². The maximum atomic E-state index is 12.2. The average Bonchev–Trinajstić information content (AvgIpc) is 2.80. The molecule has 1 aromatic carbocycles. The van der Waals surface area contributed by atoms with Gasteiger partial charge in [-0.3, -0.25) is 4.79 Å². The summed E-state index contributed by atoms with van der Waals surface area (Å²) in [6.45, 7) is 7.02. The lowest BCUT2D eigenvalue weighted by Gasteiger charge is -2.39. The van der Waals surface area contributed by atoms with E-state index < -0.39 is 0 Å². The Kier molecular flexibility index (Phi) is 3.88. The lowest BCUT2D eigenvalue weighted by molar-refractivity contribution is -0.124. The zero-order valence-corrected chi connectivity index (χ0v) is 14.2.